The van der Waals surface area contributed by atoms with E-state index in [1.165, 1.54) is 11.0 Å². The maximum Gasteiger partial charge on any atom is 0.235 e. The highest BCUT2D eigenvalue weighted by molar-refractivity contribution is 6.09. The Hall–Kier alpha value is -2.48. The van der Waals surface area contributed by atoms with Gasteiger partial charge in [-0.3, -0.25) is 19.7 Å². The molecule has 0 radical (unpaired) electrons. The lowest BCUT2D eigenvalue weighted by Crippen LogP contribution is -2.44. The number of halogens is 1. The third-order valence-electron chi connectivity index (χ3n) is 5.53. The minimum absolute atomic E-state index is 0.195. The van der Waals surface area contributed by atoms with E-state index in [-0.39, 0.29) is 24.1 Å². The van der Waals surface area contributed by atoms with Crippen molar-refractivity contribution in [3.05, 3.63) is 23.5 Å². The van der Waals surface area contributed by atoms with Gasteiger partial charge in [0.2, 0.25) is 17.7 Å². The highest BCUT2D eigenvalue weighted by Crippen LogP contribution is 2.45. The Morgan fingerprint density at radius 1 is 1.12 bits per heavy atom. The average molecular weight is 360 g/mol. The SMILES string of the molecule is CN1C(=O)C([C@@H]2CCC(=O)NC2=O)c2cc(F)c(N3CCNCC3)cc21. The first-order valence-electron chi connectivity index (χ1n) is 8.87. The van der Waals surface area contributed by atoms with Crippen LogP contribution in [0.3, 0.4) is 0 Å². The summed E-state index contributed by atoms with van der Waals surface area (Å²) in [6.45, 7) is 2.96. The molecule has 4 rings (SSSR count). The first kappa shape index (κ1) is 17.0. The second-order valence-electron chi connectivity index (χ2n) is 7.03. The number of benzene rings is 1. The molecule has 138 valence electrons. The molecule has 1 aromatic rings. The zero-order valence-electron chi connectivity index (χ0n) is 14.5. The number of hydrogen-bond acceptors (Lipinski definition) is 5. The normalized spacial score (nSPS) is 26.2. The quantitative estimate of drug-likeness (QED) is 0.744. The predicted molar refractivity (Wildman–Crippen MR) is 93.5 cm³/mol. The van der Waals surface area contributed by atoms with Crippen LogP contribution in [0.2, 0.25) is 0 Å². The van der Waals surface area contributed by atoms with E-state index in [2.05, 4.69) is 10.6 Å². The molecule has 0 saturated carbocycles. The molecule has 3 heterocycles. The van der Waals surface area contributed by atoms with Crippen LogP contribution in [0.4, 0.5) is 15.8 Å². The van der Waals surface area contributed by atoms with Crippen molar-refractivity contribution in [3.63, 3.8) is 0 Å². The molecule has 2 atom stereocenters. The van der Waals surface area contributed by atoms with Crippen molar-refractivity contribution < 1.29 is 18.8 Å². The summed E-state index contributed by atoms with van der Waals surface area (Å²) in [5.74, 6) is -2.78. The molecule has 26 heavy (non-hydrogen) atoms. The summed E-state index contributed by atoms with van der Waals surface area (Å²) in [4.78, 5) is 39.9. The van der Waals surface area contributed by atoms with E-state index in [1.807, 2.05) is 4.90 Å². The topological polar surface area (TPSA) is 81.8 Å². The first-order chi connectivity index (χ1) is 12.5. The molecule has 1 unspecified atom stereocenters. The van der Waals surface area contributed by atoms with Crippen LogP contribution in [0.5, 0.6) is 0 Å². The number of nitrogens with zero attached hydrogens (tertiary/aromatic N) is 2. The Bertz CT molecular complexity index is 791. The van der Waals surface area contributed by atoms with Gasteiger partial charge in [0.1, 0.15) is 5.82 Å². The summed E-state index contributed by atoms with van der Waals surface area (Å²) in [6, 6.07) is 3.10. The standard InChI is InChI=1S/C18H21FN4O3/c1-22-13-9-14(23-6-4-20-5-7-23)12(19)8-11(13)16(18(22)26)10-2-3-15(24)21-17(10)25/h8-10,16,20H,2-7H2,1H3,(H,21,24,25)/t10-,16?/m0/s1. The number of rotatable bonds is 2. The van der Waals surface area contributed by atoms with E-state index in [1.54, 1.807) is 13.1 Å². The fourth-order valence-electron chi connectivity index (χ4n) is 4.13. The van der Waals surface area contributed by atoms with Crippen LogP contribution in [0.1, 0.15) is 24.3 Å². The molecular weight excluding hydrogens is 339 g/mol. The lowest BCUT2D eigenvalue weighted by molar-refractivity contribution is -0.139. The summed E-state index contributed by atoms with van der Waals surface area (Å²) >= 11 is 0. The van der Waals surface area contributed by atoms with Crippen LogP contribution < -0.4 is 20.4 Å². The fourth-order valence-corrected chi connectivity index (χ4v) is 4.13. The number of hydrogen-bond donors (Lipinski definition) is 2. The third-order valence-corrected chi connectivity index (χ3v) is 5.53. The molecule has 1 aromatic carbocycles. The van der Waals surface area contributed by atoms with Gasteiger partial charge in [0.05, 0.1) is 17.5 Å². The van der Waals surface area contributed by atoms with Crippen LogP contribution >= 0.6 is 0 Å². The zero-order valence-corrected chi connectivity index (χ0v) is 14.5. The highest BCUT2D eigenvalue weighted by Gasteiger charge is 2.45. The van der Waals surface area contributed by atoms with E-state index in [0.717, 1.165) is 13.1 Å². The lowest BCUT2D eigenvalue weighted by Gasteiger charge is -2.30. The average Bonchev–Trinajstić information content (AvgIpc) is 2.86. The minimum Gasteiger partial charge on any atom is -0.367 e. The van der Waals surface area contributed by atoms with Crippen molar-refractivity contribution in [3.8, 4) is 0 Å². The number of amides is 3. The molecule has 2 fully saturated rings. The predicted octanol–water partition coefficient (Wildman–Crippen LogP) is 0.348. The number of piperidine rings is 1. The van der Waals surface area contributed by atoms with Crippen molar-refractivity contribution in [2.45, 2.75) is 18.8 Å². The van der Waals surface area contributed by atoms with Crippen molar-refractivity contribution in [1.82, 2.24) is 10.6 Å². The molecule has 3 aliphatic rings. The third kappa shape index (κ3) is 2.65. The summed E-state index contributed by atoms with van der Waals surface area (Å²) in [5.41, 5.74) is 1.65. The number of imide groups is 1. The number of likely N-dealkylation sites (N-methyl/N-ethyl adjacent to an activating group) is 1. The minimum atomic E-state index is -0.741. The smallest absolute Gasteiger partial charge is 0.235 e. The van der Waals surface area contributed by atoms with Crippen LogP contribution in [0, 0.1) is 11.7 Å². The first-order valence-corrected chi connectivity index (χ1v) is 8.87. The van der Waals surface area contributed by atoms with Gasteiger partial charge in [-0.15, -0.1) is 0 Å². The van der Waals surface area contributed by atoms with Gasteiger partial charge >= 0.3 is 0 Å². The van der Waals surface area contributed by atoms with E-state index >= 15 is 0 Å². The molecular formula is C18H21FN4O3. The zero-order chi connectivity index (χ0) is 18.4. The van der Waals surface area contributed by atoms with Crippen molar-refractivity contribution in [1.29, 1.82) is 0 Å². The number of piperazine rings is 1. The van der Waals surface area contributed by atoms with Gasteiger partial charge in [-0.2, -0.15) is 0 Å². The van der Waals surface area contributed by atoms with Crippen LogP contribution in [0.15, 0.2) is 12.1 Å². The number of nitrogens with one attached hydrogen (secondary N) is 2. The Kier molecular flexibility index (Phi) is 4.14. The Morgan fingerprint density at radius 3 is 2.54 bits per heavy atom. The molecule has 0 spiro atoms. The molecule has 2 N–H and O–H groups in total. The lowest BCUT2D eigenvalue weighted by atomic mass is 9.81. The monoisotopic (exact) mass is 360 g/mol. The summed E-state index contributed by atoms with van der Waals surface area (Å²) in [6.07, 6.45) is 0.496. The maximum atomic E-state index is 14.8. The summed E-state index contributed by atoms with van der Waals surface area (Å²) in [7, 11) is 1.65. The van der Waals surface area contributed by atoms with E-state index < -0.39 is 17.7 Å². The fraction of sp³-hybridized carbons (Fsp3) is 0.500. The van der Waals surface area contributed by atoms with Crippen molar-refractivity contribution >= 4 is 29.1 Å². The number of carbonyl (C=O) groups is 3. The van der Waals surface area contributed by atoms with E-state index in [0.29, 0.717) is 36.4 Å². The largest absolute Gasteiger partial charge is 0.367 e. The van der Waals surface area contributed by atoms with Gasteiger partial charge in [-0.05, 0) is 24.1 Å². The number of carbonyl (C=O) groups excluding carboxylic acids is 3. The Labute approximate surface area is 150 Å². The molecule has 0 bridgehead atoms. The van der Waals surface area contributed by atoms with Gasteiger partial charge in [-0.25, -0.2) is 4.39 Å². The molecule has 2 saturated heterocycles. The van der Waals surface area contributed by atoms with E-state index in [4.69, 9.17) is 0 Å². The highest BCUT2D eigenvalue weighted by atomic mass is 19.1. The van der Waals surface area contributed by atoms with Crippen LogP contribution in [-0.2, 0) is 14.4 Å². The molecule has 0 aliphatic carbocycles. The van der Waals surface area contributed by atoms with Gasteiger partial charge < -0.3 is 15.1 Å². The van der Waals surface area contributed by atoms with Gasteiger partial charge in [0.25, 0.3) is 0 Å². The summed E-state index contributed by atoms with van der Waals surface area (Å²) < 4.78 is 14.8. The molecule has 3 aliphatic heterocycles. The maximum absolute atomic E-state index is 14.8. The van der Waals surface area contributed by atoms with Gasteiger partial charge in [-0.1, -0.05) is 0 Å². The molecule has 8 heteroatoms. The second kappa shape index (κ2) is 6.35. The number of anilines is 2. The second-order valence-corrected chi connectivity index (χ2v) is 7.03. The van der Waals surface area contributed by atoms with Crippen LogP contribution in [-0.4, -0.2) is 50.9 Å². The molecule has 0 aromatic heterocycles. The Morgan fingerprint density at radius 2 is 1.85 bits per heavy atom. The van der Waals surface area contributed by atoms with Gasteiger partial charge in [0.15, 0.2) is 0 Å². The molecule has 7 nitrogen and oxygen atoms in total. The Balaban J connectivity index is 1.71. The van der Waals surface area contributed by atoms with Crippen molar-refractivity contribution in [2.24, 2.45) is 5.92 Å². The number of fused-ring (bicyclic) bond motifs is 1. The van der Waals surface area contributed by atoms with Crippen LogP contribution in [0.25, 0.3) is 0 Å². The van der Waals surface area contributed by atoms with Gasteiger partial charge in [0, 0.05) is 45.3 Å². The van der Waals surface area contributed by atoms with Crippen molar-refractivity contribution in [2.75, 3.05) is 43.0 Å². The van der Waals surface area contributed by atoms with E-state index in [9.17, 15) is 18.8 Å². The summed E-state index contributed by atoms with van der Waals surface area (Å²) in [5, 5.41) is 5.52. The molecule has 3 amide bonds.